The maximum absolute atomic E-state index is 9.54. The van der Waals surface area contributed by atoms with Crippen LogP contribution in [0.25, 0.3) is 11.3 Å². The van der Waals surface area contributed by atoms with Gasteiger partial charge in [-0.2, -0.15) is 10.4 Å². The Kier molecular flexibility index (Phi) is 6.27. The van der Waals surface area contributed by atoms with Crippen molar-refractivity contribution in [2.45, 2.75) is 19.4 Å². The van der Waals surface area contributed by atoms with E-state index in [-0.39, 0.29) is 0 Å². The number of benzene rings is 1. The molecule has 0 spiro atoms. The van der Waals surface area contributed by atoms with Gasteiger partial charge in [-0.15, -0.1) is 10.2 Å². The molecule has 0 saturated carbocycles. The average Bonchev–Trinajstić information content (AvgIpc) is 3.39. The first-order valence-corrected chi connectivity index (χ1v) is 10.3. The van der Waals surface area contributed by atoms with Gasteiger partial charge in [-0.05, 0) is 37.1 Å². The SMILES string of the molecule is CN=C(NCCCc1nn(-c2ccccc2)c(N)c1C#N)NCc1nnc2ccccn12. The van der Waals surface area contributed by atoms with E-state index < -0.39 is 0 Å². The highest BCUT2D eigenvalue weighted by Crippen LogP contribution is 2.21. The van der Waals surface area contributed by atoms with E-state index in [9.17, 15) is 5.26 Å². The smallest absolute Gasteiger partial charge is 0.191 e. The van der Waals surface area contributed by atoms with Gasteiger partial charge in [0, 0.05) is 19.8 Å². The second-order valence-corrected chi connectivity index (χ2v) is 7.07. The lowest BCUT2D eigenvalue weighted by Crippen LogP contribution is -2.37. The molecule has 32 heavy (non-hydrogen) atoms. The number of aryl methyl sites for hydroxylation is 1. The third kappa shape index (κ3) is 4.37. The van der Waals surface area contributed by atoms with Gasteiger partial charge >= 0.3 is 0 Å². The molecule has 0 unspecified atom stereocenters. The largest absolute Gasteiger partial charge is 0.382 e. The normalized spacial score (nSPS) is 11.4. The molecule has 4 rings (SSSR count). The number of nitrogens with two attached hydrogens (primary N) is 1. The van der Waals surface area contributed by atoms with Crippen molar-refractivity contribution in [3.63, 3.8) is 0 Å². The van der Waals surface area contributed by atoms with Crippen LogP contribution in [0.15, 0.2) is 59.7 Å². The van der Waals surface area contributed by atoms with E-state index in [1.165, 1.54) is 0 Å². The van der Waals surface area contributed by atoms with Gasteiger partial charge in [0.15, 0.2) is 17.4 Å². The monoisotopic (exact) mass is 428 g/mol. The summed E-state index contributed by atoms with van der Waals surface area (Å²) in [5.41, 5.74) is 8.91. The summed E-state index contributed by atoms with van der Waals surface area (Å²) in [7, 11) is 1.72. The van der Waals surface area contributed by atoms with Crippen molar-refractivity contribution in [1.82, 2.24) is 35.0 Å². The number of nitrogen functional groups attached to an aromatic ring is 1. The molecule has 10 nitrogen and oxygen atoms in total. The molecule has 3 heterocycles. The highest BCUT2D eigenvalue weighted by Gasteiger charge is 2.16. The predicted molar refractivity (Wildman–Crippen MR) is 122 cm³/mol. The van der Waals surface area contributed by atoms with Crippen molar-refractivity contribution in [3.05, 3.63) is 71.8 Å². The van der Waals surface area contributed by atoms with E-state index in [2.05, 4.69) is 37.0 Å². The molecule has 0 atom stereocenters. The summed E-state index contributed by atoms with van der Waals surface area (Å²) in [6.07, 6.45) is 3.30. The minimum atomic E-state index is 0.361. The van der Waals surface area contributed by atoms with Crippen LogP contribution in [0.2, 0.25) is 0 Å². The zero-order valence-electron chi connectivity index (χ0n) is 17.7. The first-order chi connectivity index (χ1) is 15.7. The molecule has 162 valence electrons. The first-order valence-electron chi connectivity index (χ1n) is 10.3. The Balaban J connectivity index is 1.32. The fraction of sp³-hybridized carbons (Fsp3) is 0.227. The molecule has 0 amide bonds. The molecule has 0 radical (unpaired) electrons. The molecule has 0 aliphatic heterocycles. The Morgan fingerprint density at radius 2 is 1.94 bits per heavy atom. The molecule has 10 heteroatoms. The number of hydrogen-bond acceptors (Lipinski definition) is 6. The van der Waals surface area contributed by atoms with Crippen LogP contribution in [0.3, 0.4) is 0 Å². The molecule has 0 bridgehead atoms. The number of anilines is 1. The fourth-order valence-corrected chi connectivity index (χ4v) is 3.40. The van der Waals surface area contributed by atoms with Gasteiger partial charge in [-0.1, -0.05) is 24.3 Å². The lowest BCUT2D eigenvalue weighted by Gasteiger charge is -2.11. The van der Waals surface area contributed by atoms with Crippen molar-refractivity contribution in [2.75, 3.05) is 19.3 Å². The first kappa shape index (κ1) is 20.9. The summed E-state index contributed by atoms with van der Waals surface area (Å²) in [5, 5.41) is 29.0. The number of aliphatic imine (C=N–C) groups is 1. The van der Waals surface area contributed by atoms with E-state index in [1.54, 1.807) is 11.7 Å². The molecule has 4 N–H and O–H groups in total. The number of rotatable bonds is 7. The Hall–Kier alpha value is -4.39. The van der Waals surface area contributed by atoms with Crippen molar-refractivity contribution >= 4 is 17.4 Å². The Morgan fingerprint density at radius 3 is 2.72 bits per heavy atom. The van der Waals surface area contributed by atoms with Crippen molar-refractivity contribution in [2.24, 2.45) is 4.99 Å². The van der Waals surface area contributed by atoms with E-state index in [1.807, 2.05) is 59.1 Å². The second kappa shape index (κ2) is 9.61. The lowest BCUT2D eigenvalue weighted by atomic mass is 10.1. The number of nitrogens with one attached hydrogen (secondary N) is 2. The summed E-state index contributed by atoms with van der Waals surface area (Å²) in [5.74, 6) is 1.82. The number of fused-ring (bicyclic) bond motifs is 1. The molecule has 1 aromatic carbocycles. The highest BCUT2D eigenvalue weighted by molar-refractivity contribution is 5.79. The van der Waals surface area contributed by atoms with Gasteiger partial charge in [-0.3, -0.25) is 9.39 Å². The second-order valence-electron chi connectivity index (χ2n) is 7.07. The molecular formula is C22H24N10. The molecule has 0 aliphatic carbocycles. The summed E-state index contributed by atoms with van der Waals surface area (Å²) in [6, 6.07) is 17.5. The number of pyridine rings is 1. The van der Waals surface area contributed by atoms with Crippen LogP contribution in [0.1, 0.15) is 23.5 Å². The fourth-order valence-electron chi connectivity index (χ4n) is 3.40. The minimum Gasteiger partial charge on any atom is -0.382 e. The summed E-state index contributed by atoms with van der Waals surface area (Å²) in [4.78, 5) is 4.25. The summed E-state index contributed by atoms with van der Waals surface area (Å²) >= 11 is 0. The average molecular weight is 429 g/mol. The molecule has 3 aromatic heterocycles. The Morgan fingerprint density at radius 1 is 1.12 bits per heavy atom. The topological polar surface area (TPSA) is 134 Å². The van der Waals surface area contributed by atoms with E-state index in [0.717, 1.165) is 23.6 Å². The van der Waals surface area contributed by atoms with Crippen molar-refractivity contribution in [1.29, 1.82) is 5.26 Å². The van der Waals surface area contributed by atoms with Crippen LogP contribution in [0.4, 0.5) is 5.82 Å². The van der Waals surface area contributed by atoms with Gasteiger partial charge in [0.2, 0.25) is 0 Å². The number of guanidine groups is 1. The number of hydrogen-bond donors (Lipinski definition) is 3. The number of nitrogens with zero attached hydrogens (tertiary/aromatic N) is 7. The van der Waals surface area contributed by atoms with Crippen LogP contribution >= 0.6 is 0 Å². The predicted octanol–water partition coefficient (Wildman–Crippen LogP) is 1.67. The Labute approximate surface area is 185 Å². The van der Waals surface area contributed by atoms with E-state index in [4.69, 9.17) is 5.73 Å². The number of nitriles is 1. The molecule has 0 fully saturated rings. The summed E-state index contributed by atoms with van der Waals surface area (Å²) < 4.78 is 3.54. The van der Waals surface area contributed by atoms with Crippen LogP contribution in [0, 0.1) is 11.3 Å². The summed E-state index contributed by atoms with van der Waals surface area (Å²) in [6.45, 7) is 1.14. The quantitative estimate of drug-likeness (QED) is 0.231. The van der Waals surface area contributed by atoms with Crippen molar-refractivity contribution in [3.8, 4) is 11.8 Å². The molecular weight excluding hydrogens is 404 g/mol. The van der Waals surface area contributed by atoms with E-state index in [0.29, 0.717) is 42.5 Å². The van der Waals surface area contributed by atoms with E-state index >= 15 is 0 Å². The van der Waals surface area contributed by atoms with Crippen LogP contribution < -0.4 is 16.4 Å². The van der Waals surface area contributed by atoms with Gasteiger partial charge in [0.1, 0.15) is 17.5 Å². The van der Waals surface area contributed by atoms with Crippen molar-refractivity contribution < 1.29 is 0 Å². The van der Waals surface area contributed by atoms with Gasteiger partial charge < -0.3 is 16.4 Å². The van der Waals surface area contributed by atoms with Crippen LogP contribution in [-0.2, 0) is 13.0 Å². The van der Waals surface area contributed by atoms with Crippen LogP contribution in [-0.4, -0.2) is 43.9 Å². The molecule has 0 saturated heterocycles. The lowest BCUT2D eigenvalue weighted by molar-refractivity contribution is 0.713. The maximum atomic E-state index is 9.54. The maximum Gasteiger partial charge on any atom is 0.191 e. The van der Waals surface area contributed by atoms with Gasteiger partial charge in [-0.25, -0.2) is 4.68 Å². The standard InChI is InChI=1S/C22H24N10/c1-25-22(27-15-20-29-28-19-11-5-6-13-31(19)20)26-12-7-10-18-17(14-23)21(24)32(30-18)16-8-3-2-4-9-16/h2-6,8-9,11,13H,7,10,12,15,24H2,1H3,(H2,25,26,27). The number of para-hydroxylation sites is 1. The highest BCUT2D eigenvalue weighted by atomic mass is 15.3. The molecule has 0 aliphatic rings. The zero-order valence-corrected chi connectivity index (χ0v) is 17.7. The van der Waals surface area contributed by atoms with Gasteiger partial charge in [0.25, 0.3) is 0 Å². The molecule has 4 aromatic rings. The zero-order chi connectivity index (χ0) is 22.3. The van der Waals surface area contributed by atoms with Crippen LogP contribution in [0.5, 0.6) is 0 Å². The third-order valence-electron chi connectivity index (χ3n) is 5.01. The third-order valence-corrected chi connectivity index (χ3v) is 5.01. The minimum absolute atomic E-state index is 0.361. The Bertz CT molecular complexity index is 1260. The van der Waals surface area contributed by atoms with Gasteiger partial charge in [0.05, 0.1) is 17.9 Å². The number of aromatic nitrogens is 5.